The van der Waals surface area contributed by atoms with Gasteiger partial charge in [-0.15, -0.1) is 0 Å². The van der Waals surface area contributed by atoms with E-state index in [-0.39, 0.29) is 24.9 Å². The lowest BCUT2D eigenvalue weighted by Crippen LogP contribution is -2.48. The van der Waals surface area contributed by atoms with E-state index >= 15 is 9.59 Å². The Kier molecular flexibility index (Phi) is 9.51. The molecule has 0 saturated carbocycles. The minimum absolute atomic E-state index is 0.0671. The summed E-state index contributed by atoms with van der Waals surface area (Å²) in [4.78, 5) is 73.8. The van der Waals surface area contributed by atoms with Crippen molar-refractivity contribution in [2.24, 2.45) is 0 Å². The highest BCUT2D eigenvalue weighted by atomic mass is 16.2. The van der Waals surface area contributed by atoms with Crippen LogP contribution in [0.5, 0.6) is 0 Å². The van der Waals surface area contributed by atoms with E-state index in [2.05, 4.69) is 51.2 Å². The van der Waals surface area contributed by atoms with Crippen molar-refractivity contribution in [1.82, 2.24) is 65.3 Å². The molecule has 11 rings (SSSR count). The molecule has 2 saturated heterocycles. The number of amides is 2. The number of nitrogens with zero attached hydrogens (tertiary/aromatic N) is 9. The van der Waals surface area contributed by atoms with Crippen molar-refractivity contribution in [2.45, 2.75) is 36.7 Å². The Morgan fingerprint density at radius 3 is 1.19 bits per heavy atom. The van der Waals surface area contributed by atoms with Gasteiger partial charge in [0.2, 0.25) is 11.9 Å². The number of hydrogen-bond acceptors (Lipinski definition) is 13. The van der Waals surface area contributed by atoms with Crippen LogP contribution in [-0.4, -0.2) is 79.0 Å². The van der Waals surface area contributed by atoms with Crippen molar-refractivity contribution in [1.29, 1.82) is 0 Å². The molecule has 9 aromatic rings. The molecule has 2 fully saturated rings. The van der Waals surface area contributed by atoms with E-state index in [1.165, 1.54) is 0 Å². The van der Waals surface area contributed by atoms with Gasteiger partial charge in [-0.2, -0.15) is 0 Å². The summed E-state index contributed by atoms with van der Waals surface area (Å²) in [6.07, 6.45) is 5.03. The molecule has 0 spiro atoms. The first-order valence-corrected chi connectivity index (χ1v) is 20.7. The first kappa shape index (κ1) is 38.5. The zero-order valence-corrected chi connectivity index (χ0v) is 34.0. The molecule has 64 heavy (non-hydrogen) atoms. The molecule has 17 heteroatoms. The van der Waals surface area contributed by atoms with Crippen LogP contribution in [0.4, 0.5) is 11.9 Å². The van der Waals surface area contributed by atoms with Crippen molar-refractivity contribution >= 4 is 45.8 Å². The van der Waals surface area contributed by atoms with Gasteiger partial charge in [-0.1, -0.05) is 54.6 Å². The topological polar surface area (TPSA) is 211 Å². The average Bonchev–Trinajstić information content (AvgIpc) is 4.09. The first-order valence-electron chi connectivity index (χ1n) is 20.7. The molecule has 2 aliphatic rings. The highest BCUT2D eigenvalue weighted by Gasteiger charge is 2.57. The normalized spacial score (nSPS) is 17.9. The fourth-order valence-electron chi connectivity index (χ4n) is 8.60. The third kappa shape index (κ3) is 6.62. The monoisotopic (exact) mass is 845 g/mol. The number of H-pyrrole nitrogens is 2. The lowest BCUT2D eigenvalue weighted by Gasteiger charge is -2.26. The van der Waals surface area contributed by atoms with Crippen LogP contribution in [0.15, 0.2) is 164 Å². The zero-order valence-electron chi connectivity index (χ0n) is 34.0. The van der Waals surface area contributed by atoms with Gasteiger partial charge in [0.1, 0.15) is 0 Å². The van der Waals surface area contributed by atoms with Crippen LogP contribution in [0.3, 0.4) is 0 Å². The summed E-state index contributed by atoms with van der Waals surface area (Å²) < 4.78 is 0. The second-order valence-electron chi connectivity index (χ2n) is 15.4. The summed E-state index contributed by atoms with van der Waals surface area (Å²) >= 11 is 0. The maximum absolute atomic E-state index is 15.2. The number of para-hydroxylation sites is 4. The van der Waals surface area contributed by atoms with Crippen molar-refractivity contribution < 1.29 is 9.59 Å². The molecule has 2 atom stereocenters. The van der Waals surface area contributed by atoms with Gasteiger partial charge < -0.3 is 30.4 Å². The van der Waals surface area contributed by atoms with Crippen molar-refractivity contribution in [3.63, 3.8) is 0 Å². The molecule has 2 aliphatic heterocycles. The minimum atomic E-state index is -1.47. The van der Waals surface area contributed by atoms with Gasteiger partial charge in [0, 0.05) is 24.8 Å². The number of aromatic nitrogens is 9. The predicted molar refractivity (Wildman–Crippen MR) is 237 cm³/mol. The third-order valence-corrected chi connectivity index (χ3v) is 11.5. The Bertz CT molecular complexity index is 2760. The van der Waals surface area contributed by atoms with Crippen LogP contribution in [0.1, 0.15) is 34.2 Å². The van der Waals surface area contributed by atoms with E-state index in [0.717, 1.165) is 22.1 Å². The number of nitrogens with one attached hydrogen (secondary N) is 6. The molecular formula is C47H39N15O2. The molecule has 2 aromatic carbocycles. The zero-order chi connectivity index (χ0) is 43.1. The first-order chi connectivity index (χ1) is 31.5. The molecule has 2 unspecified atom stereocenters. The smallest absolute Gasteiger partial charge is 0.258 e. The number of hydrogen-bond donors (Lipinski definition) is 6. The number of anilines is 2. The standard InChI is InChI=1S/C47H39N15O2/c63-40-46(36-20-5-9-24-48-36,37-21-6-10-25-49-37)59-44(57-42-53-32-16-1-2-17-33(32)54-42)61(40)28-30-14-13-15-31(52-30)29-62-41(64)47(38-22-7-11-26-50-38,39-23-8-12-27-51-39)60-45(62)58-43-55-34-18-3-4-19-35(34)56-43/h1-27,44-45,59-60H,28-29H2,(H2,53,54,57)(H2,55,56,58). The van der Waals surface area contributed by atoms with Gasteiger partial charge in [-0.3, -0.25) is 45.1 Å². The quantitative estimate of drug-likeness (QED) is 0.0963. The van der Waals surface area contributed by atoms with Gasteiger partial charge >= 0.3 is 0 Å². The second kappa shape index (κ2) is 15.8. The molecule has 2 amide bonds. The summed E-state index contributed by atoms with van der Waals surface area (Å²) in [6.45, 7) is 0.134. The minimum Gasteiger partial charge on any atom is -0.324 e. The second-order valence-corrected chi connectivity index (χ2v) is 15.4. The van der Waals surface area contributed by atoms with E-state index in [4.69, 9.17) is 15.0 Å². The van der Waals surface area contributed by atoms with E-state index in [0.29, 0.717) is 46.1 Å². The van der Waals surface area contributed by atoms with E-state index < -0.39 is 23.7 Å². The van der Waals surface area contributed by atoms with E-state index in [1.807, 2.05) is 115 Å². The van der Waals surface area contributed by atoms with Gasteiger partial charge in [-0.05, 0) is 84.9 Å². The summed E-state index contributed by atoms with van der Waals surface area (Å²) in [5, 5.41) is 14.0. The molecular weight excluding hydrogens is 807 g/mol. The Morgan fingerprint density at radius 2 is 0.828 bits per heavy atom. The summed E-state index contributed by atoms with van der Waals surface area (Å²) in [7, 11) is 0. The fourth-order valence-corrected chi connectivity index (χ4v) is 8.60. The maximum atomic E-state index is 15.2. The summed E-state index contributed by atoms with van der Waals surface area (Å²) in [6, 6.07) is 42.9. The molecule has 7 aromatic heterocycles. The molecule has 0 aliphatic carbocycles. The number of fused-ring (bicyclic) bond motifs is 2. The molecule has 314 valence electrons. The van der Waals surface area contributed by atoms with Gasteiger partial charge in [-0.25, -0.2) is 9.97 Å². The van der Waals surface area contributed by atoms with Crippen molar-refractivity contribution in [3.05, 3.63) is 198 Å². The fraction of sp³-hybridized carbons (Fsp3) is 0.128. The number of carbonyl (C=O) groups excluding carboxylic acids is 2. The Morgan fingerprint density at radius 1 is 0.453 bits per heavy atom. The molecule has 0 radical (unpaired) electrons. The Hall–Kier alpha value is -8.41. The van der Waals surface area contributed by atoms with Crippen LogP contribution in [0, 0.1) is 0 Å². The van der Waals surface area contributed by atoms with Crippen molar-refractivity contribution in [3.8, 4) is 0 Å². The van der Waals surface area contributed by atoms with Crippen LogP contribution in [0.25, 0.3) is 22.1 Å². The largest absolute Gasteiger partial charge is 0.324 e. The number of carbonyl (C=O) groups is 2. The molecule has 0 bridgehead atoms. The lowest BCUT2D eigenvalue weighted by molar-refractivity contribution is -0.133. The number of rotatable bonds is 12. The molecule has 9 heterocycles. The number of benzene rings is 2. The van der Waals surface area contributed by atoms with Gasteiger partial charge in [0.25, 0.3) is 11.8 Å². The van der Waals surface area contributed by atoms with Crippen LogP contribution >= 0.6 is 0 Å². The Labute approximate surface area is 365 Å². The lowest BCUT2D eigenvalue weighted by atomic mass is 9.89. The number of aromatic amines is 2. The van der Waals surface area contributed by atoms with E-state index in [1.54, 1.807) is 58.9 Å². The van der Waals surface area contributed by atoms with Crippen LogP contribution in [-0.2, 0) is 33.8 Å². The van der Waals surface area contributed by atoms with E-state index in [9.17, 15) is 0 Å². The summed E-state index contributed by atoms with van der Waals surface area (Å²) in [5.41, 5.74) is 3.34. The molecule has 17 nitrogen and oxygen atoms in total. The Balaban J connectivity index is 0.958. The number of imidazole rings is 2. The maximum Gasteiger partial charge on any atom is 0.258 e. The van der Waals surface area contributed by atoms with Crippen molar-refractivity contribution in [2.75, 3.05) is 10.6 Å². The highest BCUT2D eigenvalue weighted by molar-refractivity contribution is 5.94. The SMILES string of the molecule is O=C1N(Cc2cccc(CN3C(=O)C(c4ccccn4)(c4ccccn4)NC3Nc3nc4ccccc4[nH]3)n2)C(Nc2nc3ccccc3[nH]2)NC1(c1ccccn1)c1ccccn1. The number of pyridine rings is 5. The molecule has 6 N–H and O–H groups in total. The third-order valence-electron chi connectivity index (χ3n) is 11.5. The summed E-state index contributed by atoms with van der Waals surface area (Å²) in [5.74, 6) is 0.331. The highest BCUT2D eigenvalue weighted by Crippen LogP contribution is 2.38. The predicted octanol–water partition coefficient (Wildman–Crippen LogP) is 4.96. The van der Waals surface area contributed by atoms with Crippen LogP contribution < -0.4 is 21.3 Å². The van der Waals surface area contributed by atoms with Gasteiger partial charge in [0.05, 0.1) is 69.3 Å². The van der Waals surface area contributed by atoms with Crippen LogP contribution in [0.2, 0.25) is 0 Å². The average molecular weight is 846 g/mol. The van der Waals surface area contributed by atoms with Gasteiger partial charge in [0.15, 0.2) is 23.7 Å².